The molecule has 1 aliphatic heterocycles. The fraction of sp³-hybridized carbons (Fsp3) is 0.615. The van der Waals surface area contributed by atoms with Crippen LogP contribution >= 0.6 is 0 Å². The molecule has 0 aromatic carbocycles. The Labute approximate surface area is 113 Å². The Morgan fingerprint density at radius 1 is 1.37 bits per heavy atom. The summed E-state index contributed by atoms with van der Waals surface area (Å²) in [5.41, 5.74) is 1.02. The first-order chi connectivity index (χ1) is 9.13. The Bertz CT molecular complexity index is 460. The first-order valence-electron chi connectivity index (χ1n) is 6.70. The van der Waals surface area contributed by atoms with Gasteiger partial charge in [0.1, 0.15) is 24.0 Å². The van der Waals surface area contributed by atoms with E-state index in [9.17, 15) is 4.79 Å². The van der Waals surface area contributed by atoms with Gasteiger partial charge >= 0.3 is 0 Å². The SMILES string of the molecule is CNc1ncnc(NC2CCCNC2=O)c1C(C)C. The van der Waals surface area contributed by atoms with Crippen molar-refractivity contribution in [1.82, 2.24) is 15.3 Å². The molecule has 0 radical (unpaired) electrons. The van der Waals surface area contributed by atoms with Gasteiger partial charge in [0.2, 0.25) is 5.91 Å². The van der Waals surface area contributed by atoms with Gasteiger partial charge in [0.25, 0.3) is 0 Å². The Morgan fingerprint density at radius 3 is 2.74 bits per heavy atom. The molecule has 2 heterocycles. The van der Waals surface area contributed by atoms with Crippen LogP contribution in [0.1, 0.15) is 38.2 Å². The molecule has 1 amide bonds. The number of nitrogens with one attached hydrogen (secondary N) is 3. The minimum atomic E-state index is -0.203. The fourth-order valence-corrected chi connectivity index (χ4v) is 2.33. The number of rotatable bonds is 4. The van der Waals surface area contributed by atoms with Gasteiger partial charge in [0, 0.05) is 19.2 Å². The molecule has 3 N–H and O–H groups in total. The molecule has 1 saturated heterocycles. The number of piperidine rings is 1. The molecule has 104 valence electrons. The van der Waals surface area contributed by atoms with Gasteiger partial charge in [-0.15, -0.1) is 0 Å². The van der Waals surface area contributed by atoms with E-state index in [4.69, 9.17) is 0 Å². The highest BCUT2D eigenvalue weighted by Gasteiger charge is 2.24. The van der Waals surface area contributed by atoms with Crippen LogP contribution in [-0.4, -0.2) is 35.5 Å². The second-order valence-corrected chi connectivity index (χ2v) is 5.02. The lowest BCUT2D eigenvalue weighted by Gasteiger charge is -2.25. The molecule has 0 bridgehead atoms. The minimum absolute atomic E-state index is 0.0468. The van der Waals surface area contributed by atoms with Crippen molar-refractivity contribution in [3.05, 3.63) is 11.9 Å². The quantitative estimate of drug-likeness (QED) is 0.764. The second-order valence-electron chi connectivity index (χ2n) is 5.02. The van der Waals surface area contributed by atoms with E-state index in [1.807, 2.05) is 7.05 Å². The van der Waals surface area contributed by atoms with E-state index < -0.39 is 0 Å². The third-order valence-electron chi connectivity index (χ3n) is 3.29. The van der Waals surface area contributed by atoms with E-state index in [0.717, 1.165) is 36.6 Å². The Morgan fingerprint density at radius 2 is 2.11 bits per heavy atom. The summed E-state index contributed by atoms with van der Waals surface area (Å²) in [5.74, 6) is 1.88. The summed E-state index contributed by atoms with van der Waals surface area (Å²) in [7, 11) is 1.84. The molecular formula is C13H21N5O. The predicted molar refractivity (Wildman–Crippen MR) is 75.3 cm³/mol. The van der Waals surface area contributed by atoms with E-state index in [-0.39, 0.29) is 17.9 Å². The molecule has 6 nitrogen and oxygen atoms in total. The lowest BCUT2D eigenvalue weighted by Crippen LogP contribution is -2.44. The molecule has 1 atom stereocenters. The van der Waals surface area contributed by atoms with Crippen LogP contribution in [0.25, 0.3) is 0 Å². The highest BCUT2D eigenvalue weighted by Crippen LogP contribution is 2.28. The summed E-state index contributed by atoms with van der Waals surface area (Å²) in [6.45, 7) is 4.94. The molecule has 0 aliphatic carbocycles. The number of carbonyl (C=O) groups excluding carboxylic acids is 1. The highest BCUT2D eigenvalue weighted by atomic mass is 16.2. The highest BCUT2D eigenvalue weighted by molar-refractivity contribution is 5.85. The van der Waals surface area contributed by atoms with Crippen LogP contribution < -0.4 is 16.0 Å². The van der Waals surface area contributed by atoms with Crippen LogP contribution in [0.4, 0.5) is 11.6 Å². The average molecular weight is 263 g/mol. The normalized spacial score (nSPS) is 19.2. The van der Waals surface area contributed by atoms with Crippen molar-refractivity contribution in [2.24, 2.45) is 0 Å². The summed E-state index contributed by atoms with van der Waals surface area (Å²) in [4.78, 5) is 20.3. The molecule has 1 unspecified atom stereocenters. The largest absolute Gasteiger partial charge is 0.373 e. The Balaban J connectivity index is 2.26. The summed E-state index contributed by atoms with van der Waals surface area (Å²) in [6.07, 6.45) is 3.34. The van der Waals surface area contributed by atoms with Crippen molar-refractivity contribution in [1.29, 1.82) is 0 Å². The summed E-state index contributed by atoms with van der Waals surface area (Å²) in [6, 6.07) is -0.203. The van der Waals surface area contributed by atoms with Crippen molar-refractivity contribution in [2.45, 2.75) is 38.6 Å². The molecule has 1 aliphatic rings. The van der Waals surface area contributed by atoms with Crippen molar-refractivity contribution in [3.8, 4) is 0 Å². The van der Waals surface area contributed by atoms with Crippen molar-refractivity contribution in [2.75, 3.05) is 24.2 Å². The zero-order valence-corrected chi connectivity index (χ0v) is 11.7. The van der Waals surface area contributed by atoms with Crippen LogP contribution in [0.5, 0.6) is 0 Å². The molecule has 6 heteroatoms. The number of aromatic nitrogens is 2. The number of amides is 1. The van der Waals surface area contributed by atoms with Crippen LogP contribution in [0.3, 0.4) is 0 Å². The first-order valence-corrected chi connectivity index (χ1v) is 6.70. The molecule has 19 heavy (non-hydrogen) atoms. The van der Waals surface area contributed by atoms with Gasteiger partial charge in [-0.2, -0.15) is 0 Å². The fourth-order valence-electron chi connectivity index (χ4n) is 2.33. The molecule has 0 saturated carbocycles. The minimum Gasteiger partial charge on any atom is -0.373 e. The number of hydrogen-bond donors (Lipinski definition) is 3. The monoisotopic (exact) mass is 263 g/mol. The zero-order chi connectivity index (χ0) is 13.8. The zero-order valence-electron chi connectivity index (χ0n) is 11.7. The standard InChI is InChI=1S/C13H21N5O/c1-8(2)10-11(14-3)16-7-17-12(10)18-9-5-4-6-15-13(9)19/h7-9H,4-6H2,1-3H3,(H,15,19)(H2,14,16,17,18). The first kappa shape index (κ1) is 13.6. The van der Waals surface area contributed by atoms with Crippen LogP contribution in [0.15, 0.2) is 6.33 Å². The van der Waals surface area contributed by atoms with Crippen LogP contribution in [0, 0.1) is 0 Å². The maximum Gasteiger partial charge on any atom is 0.242 e. The predicted octanol–water partition coefficient (Wildman–Crippen LogP) is 1.33. The Hall–Kier alpha value is -1.85. The van der Waals surface area contributed by atoms with Gasteiger partial charge in [-0.25, -0.2) is 9.97 Å². The molecular weight excluding hydrogens is 242 g/mol. The molecule has 2 rings (SSSR count). The van der Waals surface area contributed by atoms with Gasteiger partial charge in [0.15, 0.2) is 0 Å². The number of hydrogen-bond acceptors (Lipinski definition) is 5. The molecule has 1 aromatic rings. The Kier molecular flexibility index (Phi) is 4.19. The van der Waals surface area contributed by atoms with Crippen molar-refractivity contribution < 1.29 is 4.79 Å². The third kappa shape index (κ3) is 2.94. The number of nitrogens with zero attached hydrogens (tertiary/aromatic N) is 2. The maximum atomic E-state index is 11.8. The van der Waals surface area contributed by atoms with Crippen LogP contribution in [-0.2, 0) is 4.79 Å². The van der Waals surface area contributed by atoms with E-state index in [1.54, 1.807) is 0 Å². The van der Waals surface area contributed by atoms with Gasteiger partial charge in [-0.05, 0) is 18.8 Å². The number of carbonyl (C=O) groups is 1. The van der Waals surface area contributed by atoms with Crippen molar-refractivity contribution in [3.63, 3.8) is 0 Å². The number of anilines is 2. The third-order valence-corrected chi connectivity index (χ3v) is 3.29. The summed E-state index contributed by atoms with van der Waals surface area (Å²) in [5, 5.41) is 9.20. The van der Waals surface area contributed by atoms with Gasteiger partial charge in [-0.3, -0.25) is 4.79 Å². The van der Waals surface area contributed by atoms with E-state index >= 15 is 0 Å². The smallest absolute Gasteiger partial charge is 0.242 e. The lowest BCUT2D eigenvalue weighted by molar-refractivity contribution is -0.123. The van der Waals surface area contributed by atoms with Crippen LogP contribution in [0.2, 0.25) is 0 Å². The van der Waals surface area contributed by atoms with E-state index in [1.165, 1.54) is 6.33 Å². The molecule has 1 aromatic heterocycles. The second kappa shape index (κ2) is 5.86. The summed E-state index contributed by atoms with van der Waals surface area (Å²) < 4.78 is 0. The molecule has 0 spiro atoms. The molecule has 1 fully saturated rings. The average Bonchev–Trinajstić information content (AvgIpc) is 2.40. The van der Waals surface area contributed by atoms with E-state index in [0.29, 0.717) is 0 Å². The maximum absolute atomic E-state index is 11.8. The van der Waals surface area contributed by atoms with Crippen molar-refractivity contribution >= 4 is 17.5 Å². The van der Waals surface area contributed by atoms with Gasteiger partial charge in [-0.1, -0.05) is 13.8 Å². The van der Waals surface area contributed by atoms with Gasteiger partial charge < -0.3 is 16.0 Å². The lowest BCUT2D eigenvalue weighted by atomic mass is 10.0. The topological polar surface area (TPSA) is 78.9 Å². The van der Waals surface area contributed by atoms with E-state index in [2.05, 4.69) is 39.8 Å². The summed E-state index contributed by atoms with van der Waals surface area (Å²) >= 11 is 0. The van der Waals surface area contributed by atoms with Gasteiger partial charge in [0.05, 0.1) is 0 Å².